The molecule has 1 amide bonds. The van der Waals surface area contributed by atoms with Gasteiger partial charge in [-0.3, -0.25) is 14.7 Å². The van der Waals surface area contributed by atoms with Crippen LogP contribution in [0.15, 0.2) is 35.1 Å². The Kier molecular flexibility index (Phi) is 5.53. The van der Waals surface area contributed by atoms with Crippen LogP contribution in [0.5, 0.6) is 0 Å². The number of piperidine rings is 2. The van der Waals surface area contributed by atoms with Gasteiger partial charge in [-0.15, -0.1) is 0 Å². The number of aromatic nitrogens is 2. The molecular weight excluding hydrogens is 340 g/mol. The first-order valence-electron chi connectivity index (χ1n) is 10.1. The summed E-state index contributed by atoms with van der Waals surface area (Å²) in [5.41, 5.74) is 2.15. The molecule has 2 fully saturated rings. The fourth-order valence-corrected chi connectivity index (χ4v) is 4.14. The van der Waals surface area contributed by atoms with E-state index in [0.29, 0.717) is 17.6 Å². The molecule has 1 unspecified atom stereocenters. The lowest BCUT2D eigenvalue weighted by Gasteiger charge is -2.31. The van der Waals surface area contributed by atoms with Crippen LogP contribution >= 0.6 is 0 Å². The Morgan fingerprint density at radius 2 is 2.11 bits per heavy atom. The standard InChI is InChI=1S/C21H28N4O2/c1-16-6-10-25(11-7-16)21(26)20-12-19(23-27-20)18-5-3-9-24(15-18)14-17-4-2-8-22-13-17/h2,4,8,12-13,16,18H,3,5-7,9-11,14-15H2,1H3. The molecule has 2 aromatic rings. The van der Waals surface area contributed by atoms with Gasteiger partial charge in [-0.2, -0.15) is 0 Å². The van der Waals surface area contributed by atoms with Gasteiger partial charge in [0.05, 0.1) is 5.69 Å². The number of carbonyl (C=O) groups is 1. The van der Waals surface area contributed by atoms with Gasteiger partial charge in [0.2, 0.25) is 5.76 Å². The van der Waals surface area contributed by atoms with Gasteiger partial charge in [-0.05, 0) is 49.8 Å². The van der Waals surface area contributed by atoms with E-state index in [4.69, 9.17) is 4.52 Å². The van der Waals surface area contributed by atoms with Crippen molar-refractivity contribution in [2.75, 3.05) is 26.2 Å². The van der Waals surface area contributed by atoms with Crippen molar-refractivity contribution in [1.82, 2.24) is 19.9 Å². The molecule has 0 N–H and O–H groups in total. The van der Waals surface area contributed by atoms with E-state index in [-0.39, 0.29) is 5.91 Å². The van der Waals surface area contributed by atoms with Crippen molar-refractivity contribution in [2.45, 2.75) is 45.1 Å². The Balaban J connectivity index is 1.38. The van der Waals surface area contributed by atoms with E-state index in [9.17, 15) is 4.79 Å². The van der Waals surface area contributed by atoms with Gasteiger partial charge in [0.1, 0.15) is 0 Å². The number of amides is 1. The summed E-state index contributed by atoms with van der Waals surface area (Å²) in [4.78, 5) is 21.2. The largest absolute Gasteiger partial charge is 0.351 e. The highest BCUT2D eigenvalue weighted by Gasteiger charge is 2.28. The molecule has 4 rings (SSSR count). The molecule has 144 valence electrons. The Morgan fingerprint density at radius 1 is 1.26 bits per heavy atom. The van der Waals surface area contributed by atoms with Crippen molar-refractivity contribution in [3.63, 3.8) is 0 Å². The first-order chi connectivity index (χ1) is 13.2. The van der Waals surface area contributed by atoms with Gasteiger partial charge < -0.3 is 9.42 Å². The van der Waals surface area contributed by atoms with Crippen molar-refractivity contribution < 1.29 is 9.32 Å². The van der Waals surface area contributed by atoms with E-state index in [1.807, 2.05) is 23.2 Å². The molecule has 0 saturated carbocycles. The summed E-state index contributed by atoms with van der Waals surface area (Å²) in [5.74, 6) is 1.40. The van der Waals surface area contributed by atoms with E-state index in [1.54, 1.807) is 6.20 Å². The third-order valence-corrected chi connectivity index (χ3v) is 5.86. The molecule has 0 radical (unpaired) electrons. The lowest BCUT2D eigenvalue weighted by molar-refractivity contribution is 0.0655. The van der Waals surface area contributed by atoms with E-state index in [2.05, 4.69) is 28.0 Å². The average molecular weight is 368 g/mol. The summed E-state index contributed by atoms with van der Waals surface area (Å²) >= 11 is 0. The summed E-state index contributed by atoms with van der Waals surface area (Å²) < 4.78 is 5.44. The zero-order chi connectivity index (χ0) is 18.6. The molecule has 2 aromatic heterocycles. The fourth-order valence-electron chi connectivity index (χ4n) is 4.14. The minimum Gasteiger partial charge on any atom is -0.351 e. The molecule has 0 aromatic carbocycles. The van der Waals surface area contributed by atoms with Crippen LogP contribution in [0, 0.1) is 5.92 Å². The summed E-state index contributed by atoms with van der Waals surface area (Å²) in [6, 6.07) is 5.97. The molecule has 0 spiro atoms. The normalized spacial score (nSPS) is 22.1. The number of hydrogen-bond acceptors (Lipinski definition) is 5. The van der Waals surface area contributed by atoms with Gasteiger partial charge in [0.15, 0.2) is 0 Å². The minimum atomic E-state index is -0.0105. The van der Waals surface area contributed by atoms with E-state index in [0.717, 1.165) is 64.1 Å². The molecule has 2 aliphatic heterocycles. The van der Waals surface area contributed by atoms with Crippen molar-refractivity contribution in [3.8, 4) is 0 Å². The molecule has 4 heterocycles. The van der Waals surface area contributed by atoms with Crippen molar-refractivity contribution in [2.24, 2.45) is 5.92 Å². The van der Waals surface area contributed by atoms with Gasteiger partial charge in [0.25, 0.3) is 5.91 Å². The molecule has 6 heteroatoms. The van der Waals surface area contributed by atoms with Crippen molar-refractivity contribution in [3.05, 3.63) is 47.6 Å². The van der Waals surface area contributed by atoms with Gasteiger partial charge in [-0.25, -0.2) is 0 Å². The van der Waals surface area contributed by atoms with Crippen LogP contribution in [0.1, 0.15) is 60.3 Å². The second-order valence-electron chi connectivity index (χ2n) is 8.03. The maximum absolute atomic E-state index is 12.7. The molecule has 6 nitrogen and oxygen atoms in total. The Bertz CT molecular complexity index is 753. The van der Waals surface area contributed by atoms with Crippen LogP contribution in [-0.4, -0.2) is 52.0 Å². The highest BCUT2D eigenvalue weighted by molar-refractivity contribution is 5.91. The number of nitrogens with zero attached hydrogens (tertiary/aromatic N) is 4. The third-order valence-electron chi connectivity index (χ3n) is 5.86. The van der Waals surface area contributed by atoms with Crippen LogP contribution < -0.4 is 0 Å². The number of hydrogen-bond donors (Lipinski definition) is 0. The van der Waals surface area contributed by atoms with E-state index < -0.39 is 0 Å². The van der Waals surface area contributed by atoms with Gasteiger partial charge >= 0.3 is 0 Å². The molecular formula is C21H28N4O2. The molecule has 1 atom stereocenters. The molecule has 2 aliphatic rings. The average Bonchev–Trinajstić information content (AvgIpc) is 3.19. The Morgan fingerprint density at radius 3 is 2.89 bits per heavy atom. The Labute approximate surface area is 160 Å². The van der Waals surface area contributed by atoms with Crippen molar-refractivity contribution in [1.29, 1.82) is 0 Å². The monoisotopic (exact) mass is 368 g/mol. The van der Waals surface area contributed by atoms with Crippen LogP contribution in [0.4, 0.5) is 0 Å². The number of likely N-dealkylation sites (tertiary alicyclic amines) is 2. The maximum atomic E-state index is 12.7. The maximum Gasteiger partial charge on any atom is 0.292 e. The number of pyridine rings is 1. The zero-order valence-corrected chi connectivity index (χ0v) is 16.0. The Hall–Kier alpha value is -2.21. The zero-order valence-electron chi connectivity index (χ0n) is 16.0. The predicted molar refractivity (Wildman–Crippen MR) is 102 cm³/mol. The number of rotatable bonds is 4. The van der Waals surface area contributed by atoms with Crippen LogP contribution in [-0.2, 0) is 6.54 Å². The quantitative estimate of drug-likeness (QED) is 0.828. The second kappa shape index (κ2) is 8.21. The first-order valence-corrected chi connectivity index (χ1v) is 10.1. The lowest BCUT2D eigenvalue weighted by Crippen LogP contribution is -2.37. The minimum absolute atomic E-state index is 0.0105. The van der Waals surface area contributed by atoms with Crippen LogP contribution in [0.3, 0.4) is 0 Å². The topological polar surface area (TPSA) is 62.5 Å². The number of carbonyl (C=O) groups excluding carboxylic acids is 1. The summed E-state index contributed by atoms with van der Waals surface area (Å²) in [5, 5.41) is 4.25. The molecule has 0 bridgehead atoms. The fraction of sp³-hybridized carbons (Fsp3) is 0.571. The second-order valence-corrected chi connectivity index (χ2v) is 8.03. The summed E-state index contributed by atoms with van der Waals surface area (Å²) in [6.07, 6.45) is 8.09. The molecule has 0 aliphatic carbocycles. The van der Waals surface area contributed by atoms with E-state index >= 15 is 0 Å². The predicted octanol–water partition coefficient (Wildman–Crippen LogP) is 3.32. The van der Waals surface area contributed by atoms with Crippen LogP contribution in [0.2, 0.25) is 0 Å². The molecule has 2 saturated heterocycles. The van der Waals surface area contributed by atoms with Gasteiger partial charge in [0, 0.05) is 50.6 Å². The third kappa shape index (κ3) is 4.38. The van der Waals surface area contributed by atoms with Gasteiger partial charge in [-0.1, -0.05) is 18.1 Å². The highest BCUT2D eigenvalue weighted by Crippen LogP contribution is 2.28. The smallest absolute Gasteiger partial charge is 0.292 e. The lowest BCUT2D eigenvalue weighted by atomic mass is 9.94. The summed E-state index contributed by atoms with van der Waals surface area (Å²) in [6.45, 7) is 6.81. The summed E-state index contributed by atoms with van der Waals surface area (Å²) in [7, 11) is 0. The van der Waals surface area contributed by atoms with E-state index in [1.165, 1.54) is 5.56 Å². The molecule has 27 heavy (non-hydrogen) atoms. The highest BCUT2D eigenvalue weighted by atomic mass is 16.5. The van der Waals surface area contributed by atoms with Crippen molar-refractivity contribution >= 4 is 5.91 Å². The SMILES string of the molecule is CC1CCN(C(=O)c2cc(C3CCCN(Cc4cccnc4)C3)no2)CC1. The first kappa shape index (κ1) is 18.2. The van der Waals surface area contributed by atoms with Crippen LogP contribution in [0.25, 0.3) is 0 Å².